The molecular formula is C29H30N6O3. The van der Waals surface area contributed by atoms with Gasteiger partial charge >= 0.3 is 0 Å². The zero-order valence-electron chi connectivity index (χ0n) is 21.1. The molecule has 7 rings (SSSR count). The maximum Gasteiger partial charge on any atom is 0.271 e. The highest BCUT2D eigenvalue weighted by Crippen LogP contribution is 2.55. The van der Waals surface area contributed by atoms with Gasteiger partial charge in [0, 0.05) is 73.3 Å². The highest BCUT2D eigenvalue weighted by atomic mass is 16.3. The summed E-state index contributed by atoms with van der Waals surface area (Å²) in [6.45, 7) is 2.39. The number of carbonyl (C=O) groups is 2. The molecule has 38 heavy (non-hydrogen) atoms. The second kappa shape index (κ2) is 9.01. The van der Waals surface area contributed by atoms with E-state index in [-0.39, 0.29) is 23.3 Å². The standard InChI is InChI=1S/C29H30N6O3/c36-27(32-20-5-12-34(13-6-20)21-3-10-30-11-4-21)24-15-29(7-8-29)18-35(24)28(37)23-14-25-26(33-23)22(17-38-25)19-2-1-9-31-16-19/h1-4,9-11,14,16-17,20,24,33H,5-8,12-13,15,18H2,(H,32,36)/t24-/m1/s1. The molecular weight excluding hydrogens is 480 g/mol. The van der Waals surface area contributed by atoms with Crippen LogP contribution in [-0.4, -0.2) is 63.4 Å². The number of fused-ring (bicyclic) bond motifs is 1. The van der Waals surface area contributed by atoms with Crippen LogP contribution in [0.25, 0.3) is 22.2 Å². The predicted octanol–water partition coefficient (Wildman–Crippen LogP) is 4.00. The molecule has 6 heterocycles. The highest BCUT2D eigenvalue weighted by molar-refractivity contribution is 6.02. The van der Waals surface area contributed by atoms with Gasteiger partial charge in [-0.2, -0.15) is 0 Å². The van der Waals surface area contributed by atoms with Gasteiger partial charge in [-0.3, -0.25) is 19.6 Å². The summed E-state index contributed by atoms with van der Waals surface area (Å²) in [6, 6.07) is 9.28. The Morgan fingerprint density at radius 2 is 1.89 bits per heavy atom. The van der Waals surface area contributed by atoms with Gasteiger partial charge in [-0.1, -0.05) is 6.07 Å². The quantitative estimate of drug-likeness (QED) is 0.420. The number of nitrogens with zero attached hydrogens (tertiary/aromatic N) is 4. The zero-order chi connectivity index (χ0) is 25.7. The van der Waals surface area contributed by atoms with Crippen LogP contribution in [0.1, 0.15) is 42.6 Å². The number of H-pyrrole nitrogens is 1. The first kappa shape index (κ1) is 23.0. The largest absolute Gasteiger partial charge is 0.462 e. The number of carbonyl (C=O) groups excluding carboxylic acids is 2. The summed E-state index contributed by atoms with van der Waals surface area (Å²) >= 11 is 0. The molecule has 0 bridgehead atoms. The summed E-state index contributed by atoms with van der Waals surface area (Å²) in [6.07, 6.45) is 13.4. The molecule has 9 nitrogen and oxygen atoms in total. The molecule has 1 spiro atoms. The zero-order valence-corrected chi connectivity index (χ0v) is 21.1. The molecule has 4 aromatic heterocycles. The molecule has 0 aromatic carbocycles. The first-order chi connectivity index (χ1) is 18.6. The molecule has 2 saturated heterocycles. The maximum absolute atomic E-state index is 13.7. The number of aromatic nitrogens is 3. The van der Waals surface area contributed by atoms with Crippen molar-refractivity contribution in [1.29, 1.82) is 0 Å². The minimum absolute atomic E-state index is 0.0317. The van der Waals surface area contributed by atoms with Gasteiger partial charge in [0.1, 0.15) is 18.0 Å². The third-order valence-corrected chi connectivity index (χ3v) is 8.46. The summed E-state index contributed by atoms with van der Waals surface area (Å²) < 4.78 is 5.75. The van der Waals surface area contributed by atoms with Gasteiger partial charge in [0.25, 0.3) is 5.91 Å². The number of piperidine rings is 1. The van der Waals surface area contributed by atoms with E-state index in [2.05, 4.69) is 25.2 Å². The number of anilines is 1. The molecule has 9 heteroatoms. The van der Waals surface area contributed by atoms with Crippen molar-refractivity contribution in [3.05, 3.63) is 67.1 Å². The minimum Gasteiger partial charge on any atom is -0.462 e. The van der Waals surface area contributed by atoms with E-state index < -0.39 is 6.04 Å². The smallest absolute Gasteiger partial charge is 0.271 e. The summed E-state index contributed by atoms with van der Waals surface area (Å²) in [5.41, 5.74) is 4.87. The molecule has 3 aliphatic rings. The van der Waals surface area contributed by atoms with E-state index in [4.69, 9.17) is 4.42 Å². The second-order valence-electron chi connectivity index (χ2n) is 10.9. The van der Waals surface area contributed by atoms with Crippen molar-refractivity contribution in [3.8, 4) is 11.1 Å². The van der Waals surface area contributed by atoms with Crippen molar-refractivity contribution < 1.29 is 14.0 Å². The first-order valence-electron chi connectivity index (χ1n) is 13.4. The molecule has 1 aliphatic carbocycles. The van der Waals surface area contributed by atoms with Crippen LogP contribution in [0.5, 0.6) is 0 Å². The van der Waals surface area contributed by atoms with E-state index in [0.717, 1.165) is 67.5 Å². The molecule has 3 fully saturated rings. The van der Waals surface area contributed by atoms with Crippen LogP contribution in [-0.2, 0) is 4.79 Å². The molecule has 194 valence electrons. The van der Waals surface area contributed by atoms with Crippen LogP contribution in [0.15, 0.2) is 65.8 Å². The molecule has 1 atom stereocenters. The van der Waals surface area contributed by atoms with Gasteiger partial charge in [0.2, 0.25) is 5.91 Å². The topological polar surface area (TPSA) is 107 Å². The van der Waals surface area contributed by atoms with Gasteiger partial charge in [-0.05, 0) is 55.7 Å². The monoisotopic (exact) mass is 510 g/mol. The first-order valence-corrected chi connectivity index (χ1v) is 13.4. The van der Waals surface area contributed by atoms with E-state index in [1.54, 1.807) is 29.6 Å². The third kappa shape index (κ3) is 4.12. The molecule has 2 N–H and O–H groups in total. The van der Waals surface area contributed by atoms with E-state index in [0.29, 0.717) is 17.8 Å². The molecule has 0 radical (unpaired) electrons. The van der Waals surface area contributed by atoms with Gasteiger partial charge < -0.3 is 24.5 Å². The van der Waals surface area contributed by atoms with E-state index in [1.165, 1.54) is 0 Å². The van der Waals surface area contributed by atoms with Gasteiger partial charge in [-0.15, -0.1) is 0 Å². The fourth-order valence-electron chi connectivity index (χ4n) is 6.09. The Labute approximate surface area is 220 Å². The Balaban J connectivity index is 1.06. The molecule has 0 unspecified atom stereocenters. The Morgan fingerprint density at radius 1 is 1.08 bits per heavy atom. The van der Waals surface area contributed by atoms with Crippen molar-refractivity contribution in [2.24, 2.45) is 5.41 Å². The number of nitrogens with one attached hydrogen (secondary N) is 2. The van der Waals surface area contributed by atoms with Crippen LogP contribution in [0.2, 0.25) is 0 Å². The lowest BCUT2D eigenvalue weighted by molar-refractivity contribution is -0.125. The number of rotatable bonds is 5. The van der Waals surface area contributed by atoms with E-state index in [1.807, 2.05) is 36.7 Å². The predicted molar refractivity (Wildman–Crippen MR) is 143 cm³/mol. The summed E-state index contributed by atoms with van der Waals surface area (Å²) in [7, 11) is 0. The SMILES string of the molecule is O=C(NC1CCN(c2ccncc2)CC1)[C@H]1CC2(CC2)CN1C(=O)c1cc2occ(-c3cccnc3)c2[nH]1. The lowest BCUT2D eigenvalue weighted by Crippen LogP contribution is -2.51. The Hall–Kier alpha value is -4.14. The van der Waals surface area contributed by atoms with Crippen molar-refractivity contribution in [1.82, 2.24) is 25.2 Å². The van der Waals surface area contributed by atoms with E-state index >= 15 is 0 Å². The number of hydrogen-bond donors (Lipinski definition) is 2. The van der Waals surface area contributed by atoms with E-state index in [9.17, 15) is 9.59 Å². The number of pyridine rings is 2. The van der Waals surface area contributed by atoms with Crippen LogP contribution >= 0.6 is 0 Å². The molecule has 1 saturated carbocycles. The maximum atomic E-state index is 13.7. The number of hydrogen-bond acceptors (Lipinski definition) is 6. The van der Waals surface area contributed by atoms with Crippen LogP contribution in [0.3, 0.4) is 0 Å². The van der Waals surface area contributed by atoms with Gasteiger partial charge in [0.05, 0.1) is 5.52 Å². The van der Waals surface area contributed by atoms with Gasteiger partial charge in [0.15, 0.2) is 5.58 Å². The third-order valence-electron chi connectivity index (χ3n) is 8.46. The highest BCUT2D eigenvalue weighted by Gasteiger charge is 2.55. The summed E-state index contributed by atoms with van der Waals surface area (Å²) in [5.74, 6) is -0.180. The fraction of sp³-hybridized carbons (Fsp3) is 0.379. The summed E-state index contributed by atoms with van der Waals surface area (Å²) in [5, 5.41) is 3.28. The van der Waals surface area contributed by atoms with Crippen LogP contribution < -0.4 is 10.2 Å². The Kier molecular flexibility index (Phi) is 5.45. The van der Waals surface area contributed by atoms with Crippen LogP contribution in [0, 0.1) is 5.41 Å². The fourth-order valence-corrected chi connectivity index (χ4v) is 6.09. The van der Waals surface area contributed by atoms with Crippen molar-refractivity contribution >= 4 is 28.6 Å². The average Bonchev–Trinajstić information content (AvgIpc) is 3.26. The second-order valence-corrected chi connectivity index (χ2v) is 10.9. The number of amides is 2. The molecule has 2 aliphatic heterocycles. The van der Waals surface area contributed by atoms with Crippen molar-refractivity contribution in [2.45, 2.75) is 44.2 Å². The van der Waals surface area contributed by atoms with Crippen LogP contribution in [0.4, 0.5) is 5.69 Å². The number of aromatic amines is 1. The minimum atomic E-state index is -0.448. The lowest BCUT2D eigenvalue weighted by Gasteiger charge is -2.34. The lowest BCUT2D eigenvalue weighted by atomic mass is 10.0. The number of furan rings is 1. The number of likely N-dealkylation sites (tertiary alicyclic amines) is 1. The summed E-state index contributed by atoms with van der Waals surface area (Å²) in [4.78, 5) is 42.9. The normalized spacial score (nSPS) is 20.8. The molecule has 2 amide bonds. The van der Waals surface area contributed by atoms with Gasteiger partial charge in [-0.25, -0.2) is 0 Å². The average molecular weight is 511 g/mol. The van der Waals surface area contributed by atoms with Crippen molar-refractivity contribution in [2.75, 3.05) is 24.5 Å². The Morgan fingerprint density at radius 3 is 2.63 bits per heavy atom. The Bertz CT molecular complexity index is 1470. The van der Waals surface area contributed by atoms with Crippen molar-refractivity contribution in [3.63, 3.8) is 0 Å². The molecule has 4 aromatic rings.